The molecule has 2 heterocycles. The maximum absolute atomic E-state index is 5.91. The third-order valence-electron chi connectivity index (χ3n) is 4.40. The summed E-state index contributed by atoms with van der Waals surface area (Å²) in [6, 6.07) is 2.58. The van der Waals surface area contributed by atoms with Gasteiger partial charge in [-0.05, 0) is 19.8 Å². The van der Waals surface area contributed by atoms with Crippen LogP contribution in [0.15, 0.2) is 6.07 Å². The maximum Gasteiger partial charge on any atom is 0.128 e. The van der Waals surface area contributed by atoms with Crippen LogP contribution in [0.5, 0.6) is 0 Å². The van der Waals surface area contributed by atoms with Crippen molar-refractivity contribution >= 4 is 5.82 Å². The number of hydrogen-bond donors (Lipinski definition) is 1. The number of ether oxygens (including phenoxy) is 1. The molecule has 0 aromatic carbocycles. The van der Waals surface area contributed by atoms with Crippen molar-refractivity contribution in [2.24, 2.45) is 0 Å². The zero-order valence-electron chi connectivity index (χ0n) is 12.2. The highest BCUT2D eigenvalue weighted by Gasteiger charge is 2.29. The van der Waals surface area contributed by atoms with Crippen LogP contribution >= 0.6 is 0 Å². The summed E-state index contributed by atoms with van der Waals surface area (Å²) < 4.78 is 5.91. The van der Waals surface area contributed by atoms with Crippen LogP contribution in [-0.2, 0) is 4.74 Å². The van der Waals surface area contributed by atoms with E-state index in [1.165, 1.54) is 32.1 Å². The van der Waals surface area contributed by atoms with Gasteiger partial charge in [0.2, 0.25) is 0 Å². The number of hydrogen-bond acceptors (Lipinski definition) is 5. The summed E-state index contributed by atoms with van der Waals surface area (Å²) in [7, 11) is 0. The van der Waals surface area contributed by atoms with Crippen LogP contribution in [0.25, 0.3) is 0 Å². The van der Waals surface area contributed by atoms with Crippen LogP contribution in [0, 0.1) is 6.92 Å². The Hall–Kier alpha value is -1.20. The van der Waals surface area contributed by atoms with Crippen LogP contribution in [0.1, 0.15) is 49.7 Å². The lowest BCUT2D eigenvalue weighted by atomic mass is 9.93. The van der Waals surface area contributed by atoms with Gasteiger partial charge in [-0.3, -0.25) is 4.90 Å². The fourth-order valence-electron chi connectivity index (χ4n) is 3.41. The standard InChI is InChI=1S/C15H24N4O/c1-11-17-13(9-15(16)18-11)14-10-19(7-8-20-14)12-5-3-2-4-6-12/h9,12,14H,2-8,10H2,1H3,(H2,16,17,18). The van der Waals surface area contributed by atoms with Crippen LogP contribution < -0.4 is 5.73 Å². The second-order valence-corrected chi connectivity index (χ2v) is 5.91. The molecule has 20 heavy (non-hydrogen) atoms. The zero-order valence-corrected chi connectivity index (χ0v) is 12.2. The first-order chi connectivity index (χ1) is 9.72. The van der Waals surface area contributed by atoms with E-state index in [-0.39, 0.29) is 6.10 Å². The van der Waals surface area contributed by atoms with Crippen molar-refractivity contribution in [2.75, 3.05) is 25.4 Å². The molecule has 0 bridgehead atoms. The molecule has 1 aromatic heterocycles. The van der Waals surface area contributed by atoms with Crippen LogP contribution in [-0.4, -0.2) is 40.6 Å². The molecule has 2 N–H and O–H groups in total. The minimum absolute atomic E-state index is 0.0367. The van der Waals surface area contributed by atoms with Gasteiger partial charge in [-0.1, -0.05) is 19.3 Å². The Balaban J connectivity index is 1.70. The molecule has 2 fully saturated rings. The fraction of sp³-hybridized carbons (Fsp3) is 0.733. The van der Waals surface area contributed by atoms with E-state index in [9.17, 15) is 0 Å². The zero-order chi connectivity index (χ0) is 13.9. The van der Waals surface area contributed by atoms with Gasteiger partial charge in [-0.25, -0.2) is 9.97 Å². The molecule has 5 nitrogen and oxygen atoms in total. The molecule has 1 aliphatic carbocycles. The Morgan fingerprint density at radius 3 is 2.80 bits per heavy atom. The quantitative estimate of drug-likeness (QED) is 0.896. The van der Waals surface area contributed by atoms with Crippen molar-refractivity contribution in [1.29, 1.82) is 0 Å². The minimum atomic E-state index is 0.0367. The topological polar surface area (TPSA) is 64.3 Å². The highest BCUT2D eigenvalue weighted by Crippen LogP contribution is 2.28. The molecule has 1 aliphatic heterocycles. The van der Waals surface area contributed by atoms with Crippen LogP contribution in [0.2, 0.25) is 0 Å². The van der Waals surface area contributed by atoms with Crippen LogP contribution in [0.4, 0.5) is 5.82 Å². The number of rotatable bonds is 2. The molecule has 110 valence electrons. The Kier molecular flexibility index (Phi) is 4.17. The van der Waals surface area contributed by atoms with E-state index in [2.05, 4.69) is 14.9 Å². The highest BCUT2D eigenvalue weighted by molar-refractivity contribution is 5.30. The first-order valence-electron chi connectivity index (χ1n) is 7.69. The van der Waals surface area contributed by atoms with E-state index in [0.717, 1.165) is 37.3 Å². The van der Waals surface area contributed by atoms with Gasteiger partial charge in [0.15, 0.2) is 0 Å². The molecular formula is C15H24N4O. The number of morpholine rings is 1. The summed E-state index contributed by atoms with van der Waals surface area (Å²) >= 11 is 0. The van der Waals surface area contributed by atoms with Gasteiger partial charge < -0.3 is 10.5 Å². The lowest BCUT2D eigenvalue weighted by Crippen LogP contribution is -2.45. The van der Waals surface area contributed by atoms with Crippen molar-refractivity contribution in [2.45, 2.75) is 51.2 Å². The second-order valence-electron chi connectivity index (χ2n) is 5.91. The average Bonchev–Trinajstić information content (AvgIpc) is 2.47. The Morgan fingerprint density at radius 1 is 1.25 bits per heavy atom. The lowest BCUT2D eigenvalue weighted by Gasteiger charge is -2.39. The van der Waals surface area contributed by atoms with E-state index >= 15 is 0 Å². The summed E-state index contributed by atoms with van der Waals surface area (Å²) in [6.07, 6.45) is 6.83. The Bertz CT molecular complexity index is 439. The van der Waals surface area contributed by atoms with E-state index in [4.69, 9.17) is 10.5 Å². The Morgan fingerprint density at radius 2 is 2.05 bits per heavy atom. The predicted octanol–water partition coefficient (Wildman–Crippen LogP) is 2.07. The molecule has 1 aromatic rings. The third-order valence-corrected chi connectivity index (χ3v) is 4.40. The molecular weight excluding hydrogens is 252 g/mol. The molecule has 0 amide bonds. The monoisotopic (exact) mass is 276 g/mol. The summed E-state index contributed by atoms with van der Waals surface area (Å²) in [4.78, 5) is 11.2. The van der Waals surface area contributed by atoms with Crippen molar-refractivity contribution in [3.05, 3.63) is 17.6 Å². The smallest absolute Gasteiger partial charge is 0.128 e. The molecule has 1 saturated carbocycles. The van der Waals surface area contributed by atoms with Crippen molar-refractivity contribution in [3.63, 3.8) is 0 Å². The average molecular weight is 276 g/mol. The maximum atomic E-state index is 5.91. The van der Waals surface area contributed by atoms with E-state index < -0.39 is 0 Å². The van der Waals surface area contributed by atoms with Gasteiger partial charge in [-0.2, -0.15) is 0 Å². The largest absolute Gasteiger partial charge is 0.384 e. The molecule has 0 radical (unpaired) electrons. The van der Waals surface area contributed by atoms with Gasteiger partial charge >= 0.3 is 0 Å². The van der Waals surface area contributed by atoms with Crippen molar-refractivity contribution in [1.82, 2.24) is 14.9 Å². The summed E-state index contributed by atoms with van der Waals surface area (Å²) in [5.41, 5.74) is 6.75. The predicted molar refractivity (Wildman–Crippen MR) is 78.3 cm³/mol. The molecule has 5 heteroatoms. The van der Waals surface area contributed by atoms with Crippen molar-refractivity contribution < 1.29 is 4.74 Å². The minimum Gasteiger partial charge on any atom is -0.384 e. The molecule has 3 rings (SSSR count). The van der Waals surface area contributed by atoms with Crippen LogP contribution in [0.3, 0.4) is 0 Å². The van der Waals surface area contributed by atoms with Gasteiger partial charge in [0.25, 0.3) is 0 Å². The number of aryl methyl sites for hydroxylation is 1. The molecule has 1 unspecified atom stereocenters. The number of anilines is 1. The van der Waals surface area contributed by atoms with Gasteiger partial charge in [0.05, 0.1) is 12.3 Å². The van der Waals surface area contributed by atoms with Crippen molar-refractivity contribution in [3.8, 4) is 0 Å². The molecule has 1 atom stereocenters. The highest BCUT2D eigenvalue weighted by atomic mass is 16.5. The Labute approximate surface area is 120 Å². The van der Waals surface area contributed by atoms with E-state index in [1.807, 2.05) is 13.0 Å². The molecule has 0 spiro atoms. The number of aromatic nitrogens is 2. The van der Waals surface area contributed by atoms with E-state index in [1.54, 1.807) is 0 Å². The fourth-order valence-corrected chi connectivity index (χ4v) is 3.41. The normalized spacial score (nSPS) is 25.8. The van der Waals surface area contributed by atoms with Gasteiger partial charge in [0.1, 0.15) is 17.7 Å². The number of nitrogens with two attached hydrogens (primary N) is 1. The summed E-state index contributed by atoms with van der Waals surface area (Å²) in [6.45, 7) is 4.63. The summed E-state index contributed by atoms with van der Waals surface area (Å²) in [5.74, 6) is 1.25. The van der Waals surface area contributed by atoms with Gasteiger partial charge in [0, 0.05) is 25.2 Å². The number of nitrogen functional groups attached to an aromatic ring is 1. The lowest BCUT2D eigenvalue weighted by molar-refractivity contribution is -0.0517. The molecule has 2 aliphatic rings. The van der Waals surface area contributed by atoms with E-state index in [0.29, 0.717) is 5.82 Å². The first kappa shape index (κ1) is 13.8. The molecule has 1 saturated heterocycles. The SMILES string of the molecule is Cc1nc(N)cc(C2CN(C3CCCCC3)CCO2)n1. The number of nitrogens with zero attached hydrogens (tertiary/aromatic N) is 3. The first-order valence-corrected chi connectivity index (χ1v) is 7.69. The summed E-state index contributed by atoms with van der Waals surface area (Å²) in [5, 5.41) is 0. The second kappa shape index (κ2) is 6.06. The third kappa shape index (κ3) is 3.10. The van der Waals surface area contributed by atoms with Gasteiger partial charge in [-0.15, -0.1) is 0 Å².